The maximum Gasteiger partial charge on any atom is 0.472 e. The fourth-order valence-corrected chi connectivity index (χ4v) is 10.7. The van der Waals surface area contributed by atoms with Gasteiger partial charge < -0.3 is 25.2 Å². The summed E-state index contributed by atoms with van der Waals surface area (Å²) in [4.78, 5) is 46.5. The number of ether oxygens (including phenoxy) is 2. The minimum Gasteiger partial charge on any atom is -0.480 e. The predicted octanol–water partition coefficient (Wildman–Crippen LogP) is 19.3. The molecule has 0 aromatic heterocycles. The number of esters is 2. The highest BCUT2D eigenvalue weighted by Crippen LogP contribution is 2.43. The molecule has 0 aliphatic rings. The largest absolute Gasteiger partial charge is 0.480 e. The van der Waals surface area contributed by atoms with Crippen LogP contribution in [0.4, 0.5) is 0 Å². The maximum atomic E-state index is 12.8. The van der Waals surface area contributed by atoms with Crippen LogP contribution in [0.25, 0.3) is 0 Å². The molecular weight excluding hydrogens is 950 g/mol. The second kappa shape index (κ2) is 57.6. The topological polar surface area (TPSA) is 172 Å². The molecule has 3 atom stereocenters. The molecule has 0 saturated carbocycles. The van der Waals surface area contributed by atoms with E-state index in [-0.39, 0.29) is 19.4 Å². The standard InChI is InChI=1S/C62H122NO10P/c1-3-5-7-9-11-13-15-17-19-21-23-25-27-29-31-33-35-37-39-41-43-45-47-49-51-53-60(64)70-55-58(56-71-74(68,69)72-57-59(63)62(66)67)73-61(65)54-52-50-48-46-44-42-40-38-36-34-32-30-28-26-24-22-20-18-16-14-12-10-8-6-4-2/h58-59H,3-57,63H2,1-2H3,(H,66,67)(H,68,69)/t58-,59+/m1/s1. The molecule has 0 fully saturated rings. The van der Waals surface area contributed by atoms with E-state index in [1.807, 2.05) is 0 Å². The van der Waals surface area contributed by atoms with Crippen molar-refractivity contribution < 1.29 is 47.5 Å². The van der Waals surface area contributed by atoms with Gasteiger partial charge in [-0.1, -0.05) is 322 Å². The SMILES string of the molecule is CCCCCCCCCCCCCCCCCCCCCCCCCCCC(=O)OC[C@H](COP(=O)(O)OC[C@H](N)C(=O)O)OC(=O)CCCCCCCCCCCCCCCCCCCCCCCCCCC. The van der Waals surface area contributed by atoms with Gasteiger partial charge in [0.15, 0.2) is 6.10 Å². The summed E-state index contributed by atoms with van der Waals surface area (Å²) in [6.07, 6.45) is 64.8. The monoisotopic (exact) mass is 1070 g/mol. The summed E-state index contributed by atoms with van der Waals surface area (Å²) < 4.78 is 33.1. The highest BCUT2D eigenvalue weighted by atomic mass is 31.2. The Morgan fingerprint density at radius 2 is 0.595 bits per heavy atom. The molecule has 12 heteroatoms. The number of nitrogens with two attached hydrogens (primary N) is 1. The number of unbranched alkanes of at least 4 members (excludes halogenated alkanes) is 48. The van der Waals surface area contributed by atoms with Crippen LogP contribution in [-0.2, 0) is 37.5 Å². The molecule has 0 heterocycles. The quantitative estimate of drug-likeness (QED) is 0.0301. The third-order valence-corrected chi connectivity index (χ3v) is 15.8. The Morgan fingerprint density at radius 3 is 0.851 bits per heavy atom. The first-order valence-corrected chi connectivity index (χ1v) is 33.6. The summed E-state index contributed by atoms with van der Waals surface area (Å²) in [5, 5.41) is 8.96. The van der Waals surface area contributed by atoms with Crippen molar-refractivity contribution in [1.82, 2.24) is 0 Å². The lowest BCUT2D eigenvalue weighted by Crippen LogP contribution is -2.34. The van der Waals surface area contributed by atoms with E-state index in [1.165, 1.54) is 270 Å². The minimum absolute atomic E-state index is 0.171. The van der Waals surface area contributed by atoms with Gasteiger partial charge in [0, 0.05) is 12.8 Å². The van der Waals surface area contributed by atoms with Crippen molar-refractivity contribution in [2.24, 2.45) is 5.73 Å². The van der Waals surface area contributed by atoms with Gasteiger partial charge in [0.1, 0.15) is 12.6 Å². The number of rotatable bonds is 62. The number of hydrogen-bond donors (Lipinski definition) is 3. The minimum atomic E-state index is -4.72. The Balaban J connectivity index is 4.03. The van der Waals surface area contributed by atoms with Gasteiger partial charge in [-0.2, -0.15) is 0 Å². The summed E-state index contributed by atoms with van der Waals surface area (Å²) in [6, 6.07) is -1.52. The van der Waals surface area contributed by atoms with Gasteiger partial charge in [0.25, 0.3) is 0 Å². The zero-order valence-electron chi connectivity index (χ0n) is 48.7. The van der Waals surface area contributed by atoms with E-state index < -0.39 is 51.1 Å². The molecule has 0 aliphatic heterocycles. The van der Waals surface area contributed by atoms with Gasteiger partial charge in [-0.3, -0.25) is 23.4 Å². The fraction of sp³-hybridized carbons (Fsp3) is 0.952. The van der Waals surface area contributed by atoms with Crippen LogP contribution < -0.4 is 5.73 Å². The smallest absolute Gasteiger partial charge is 0.472 e. The molecule has 0 spiro atoms. The summed E-state index contributed by atoms with van der Waals surface area (Å²) in [7, 11) is -4.72. The van der Waals surface area contributed by atoms with Crippen LogP contribution >= 0.6 is 7.82 Å². The van der Waals surface area contributed by atoms with Crippen LogP contribution in [0.5, 0.6) is 0 Å². The van der Waals surface area contributed by atoms with Gasteiger partial charge in [0.05, 0.1) is 13.2 Å². The number of aliphatic carboxylic acids is 1. The molecule has 4 N–H and O–H groups in total. The highest BCUT2D eigenvalue weighted by Gasteiger charge is 2.28. The number of carboxylic acids is 1. The van der Waals surface area contributed by atoms with E-state index in [0.717, 1.165) is 38.5 Å². The Bertz CT molecular complexity index is 1260. The van der Waals surface area contributed by atoms with Crippen LogP contribution in [-0.4, -0.2) is 59.9 Å². The first kappa shape index (κ1) is 72.5. The van der Waals surface area contributed by atoms with Crippen molar-refractivity contribution in [3.8, 4) is 0 Å². The molecule has 0 aromatic rings. The first-order valence-electron chi connectivity index (χ1n) is 32.1. The number of phosphoric acid groups is 1. The number of phosphoric ester groups is 1. The van der Waals surface area contributed by atoms with Gasteiger partial charge >= 0.3 is 25.7 Å². The van der Waals surface area contributed by atoms with Crippen molar-refractivity contribution in [1.29, 1.82) is 0 Å². The molecule has 0 saturated heterocycles. The van der Waals surface area contributed by atoms with E-state index in [2.05, 4.69) is 13.8 Å². The van der Waals surface area contributed by atoms with Crippen molar-refractivity contribution in [2.45, 2.75) is 360 Å². The van der Waals surface area contributed by atoms with Crippen LogP contribution in [0.3, 0.4) is 0 Å². The molecule has 0 aliphatic carbocycles. The van der Waals surface area contributed by atoms with Gasteiger partial charge in [0.2, 0.25) is 0 Å². The van der Waals surface area contributed by atoms with E-state index in [0.29, 0.717) is 12.8 Å². The van der Waals surface area contributed by atoms with Crippen LogP contribution in [0, 0.1) is 0 Å². The molecule has 0 bridgehead atoms. The third kappa shape index (κ3) is 56.7. The van der Waals surface area contributed by atoms with Gasteiger partial charge in [-0.05, 0) is 12.8 Å². The van der Waals surface area contributed by atoms with Crippen LogP contribution in [0.1, 0.15) is 348 Å². The third-order valence-electron chi connectivity index (χ3n) is 14.9. The average Bonchev–Trinajstić information content (AvgIpc) is 3.38. The number of hydrogen-bond acceptors (Lipinski definition) is 9. The van der Waals surface area contributed by atoms with Crippen molar-refractivity contribution >= 4 is 25.7 Å². The fourth-order valence-electron chi connectivity index (χ4n) is 9.90. The van der Waals surface area contributed by atoms with Crippen LogP contribution in [0.15, 0.2) is 0 Å². The summed E-state index contributed by atoms with van der Waals surface area (Å²) in [5.41, 5.74) is 5.38. The van der Waals surface area contributed by atoms with E-state index >= 15 is 0 Å². The Morgan fingerprint density at radius 1 is 0.365 bits per heavy atom. The van der Waals surface area contributed by atoms with Crippen LogP contribution in [0.2, 0.25) is 0 Å². The Labute approximate surface area is 456 Å². The van der Waals surface area contributed by atoms with E-state index in [4.69, 9.17) is 29.4 Å². The zero-order valence-corrected chi connectivity index (χ0v) is 49.6. The molecule has 74 heavy (non-hydrogen) atoms. The van der Waals surface area contributed by atoms with Gasteiger partial charge in [-0.15, -0.1) is 0 Å². The molecule has 440 valence electrons. The normalized spacial score (nSPS) is 13.2. The van der Waals surface area contributed by atoms with Gasteiger partial charge in [-0.25, -0.2) is 4.57 Å². The molecule has 1 unspecified atom stereocenters. The lowest BCUT2D eigenvalue weighted by molar-refractivity contribution is -0.161. The summed E-state index contributed by atoms with van der Waals surface area (Å²) in [6.45, 7) is 2.91. The van der Waals surface area contributed by atoms with Crippen molar-refractivity contribution in [3.63, 3.8) is 0 Å². The lowest BCUT2D eigenvalue weighted by Gasteiger charge is -2.20. The number of carboxylic acid groups (broad SMARTS) is 1. The van der Waals surface area contributed by atoms with E-state index in [9.17, 15) is 23.8 Å². The maximum absolute atomic E-state index is 12.8. The second-order valence-electron chi connectivity index (χ2n) is 22.3. The summed E-state index contributed by atoms with van der Waals surface area (Å²) >= 11 is 0. The molecule has 0 aromatic carbocycles. The lowest BCUT2D eigenvalue weighted by atomic mass is 10.0. The Kier molecular flexibility index (Phi) is 56.5. The molecular formula is C62H122NO10P. The van der Waals surface area contributed by atoms with E-state index in [1.54, 1.807) is 0 Å². The molecule has 0 rings (SSSR count). The summed E-state index contributed by atoms with van der Waals surface area (Å²) in [5.74, 6) is -2.34. The highest BCUT2D eigenvalue weighted by molar-refractivity contribution is 7.47. The van der Waals surface area contributed by atoms with Crippen molar-refractivity contribution in [2.75, 3.05) is 19.8 Å². The number of carbonyl (C=O) groups excluding carboxylic acids is 2. The zero-order chi connectivity index (χ0) is 54.1. The molecule has 0 radical (unpaired) electrons. The first-order chi connectivity index (χ1) is 36.1. The second-order valence-corrected chi connectivity index (χ2v) is 23.7. The number of carbonyl (C=O) groups is 3. The molecule has 11 nitrogen and oxygen atoms in total. The average molecular weight is 1070 g/mol. The van der Waals surface area contributed by atoms with Crippen molar-refractivity contribution in [3.05, 3.63) is 0 Å². The Hall–Kier alpha value is -1.52. The predicted molar refractivity (Wildman–Crippen MR) is 310 cm³/mol. The molecule has 0 amide bonds.